The van der Waals surface area contributed by atoms with Crippen LogP contribution >= 0.6 is 0 Å². The molecule has 0 aliphatic rings. The van der Waals surface area contributed by atoms with Crippen LogP contribution in [0.15, 0.2) is 24.7 Å². The van der Waals surface area contributed by atoms with E-state index in [1.54, 1.807) is 24.7 Å². The molecule has 0 fully saturated rings. The zero-order valence-electron chi connectivity index (χ0n) is 7.56. The van der Waals surface area contributed by atoms with E-state index in [9.17, 15) is 5.11 Å². The molecular weight excluding hydrogens is 156 g/mol. The van der Waals surface area contributed by atoms with E-state index in [4.69, 9.17) is 9.47 Å². The molecule has 1 N–H and O–H groups in total. The summed E-state index contributed by atoms with van der Waals surface area (Å²) >= 11 is 0. The normalized spacial score (nSPS) is 13.9. The molecule has 0 spiro atoms. The van der Waals surface area contributed by atoms with Crippen molar-refractivity contribution in [3.05, 3.63) is 24.7 Å². The summed E-state index contributed by atoms with van der Waals surface area (Å²) < 4.78 is 9.88. The molecule has 0 aliphatic heterocycles. The van der Waals surface area contributed by atoms with Crippen molar-refractivity contribution in [1.82, 2.24) is 0 Å². The molecule has 0 aromatic carbocycles. The van der Waals surface area contributed by atoms with Gasteiger partial charge in [0.25, 0.3) is 0 Å². The summed E-state index contributed by atoms with van der Waals surface area (Å²) in [5, 5.41) is 9.18. The Hall–Kier alpha value is -0.960. The monoisotopic (exact) mass is 172 g/mol. The first kappa shape index (κ1) is 11.0. The summed E-state index contributed by atoms with van der Waals surface area (Å²) in [5.41, 5.74) is 0. The van der Waals surface area contributed by atoms with E-state index < -0.39 is 6.10 Å². The summed E-state index contributed by atoms with van der Waals surface area (Å²) in [7, 11) is 0. The number of hydrogen-bond donors (Lipinski definition) is 1. The highest BCUT2D eigenvalue weighted by atomic mass is 16.5. The maximum Gasteiger partial charge on any atom is 0.122 e. The van der Waals surface area contributed by atoms with Gasteiger partial charge < -0.3 is 14.6 Å². The summed E-state index contributed by atoms with van der Waals surface area (Å²) in [4.78, 5) is 0. The van der Waals surface area contributed by atoms with Crippen LogP contribution in [0.5, 0.6) is 0 Å². The van der Waals surface area contributed by atoms with Crippen LogP contribution in [0.25, 0.3) is 0 Å². The van der Waals surface area contributed by atoms with Crippen molar-refractivity contribution in [3.8, 4) is 0 Å². The highest BCUT2D eigenvalue weighted by Gasteiger charge is 2.01. The molecule has 0 atom stereocenters. The molecule has 12 heavy (non-hydrogen) atoms. The molecule has 70 valence electrons. The predicted octanol–water partition coefficient (Wildman–Crippen LogP) is 1.45. The molecule has 0 saturated carbocycles. The second-order valence-corrected chi connectivity index (χ2v) is 2.26. The Morgan fingerprint density at radius 1 is 1.08 bits per heavy atom. The van der Waals surface area contributed by atoms with E-state index in [0.717, 1.165) is 0 Å². The van der Waals surface area contributed by atoms with Crippen LogP contribution in [0, 0.1) is 0 Å². The van der Waals surface area contributed by atoms with Gasteiger partial charge in [0.05, 0.1) is 12.5 Å². The smallest absolute Gasteiger partial charge is 0.122 e. The van der Waals surface area contributed by atoms with Gasteiger partial charge in [-0.2, -0.15) is 0 Å². The van der Waals surface area contributed by atoms with E-state index in [-0.39, 0.29) is 13.2 Å². The summed E-state index contributed by atoms with van der Waals surface area (Å²) in [6.45, 7) is 4.23. The third kappa shape index (κ3) is 7.15. The molecule has 0 unspecified atom stereocenters. The van der Waals surface area contributed by atoms with Gasteiger partial charge in [-0.3, -0.25) is 0 Å². The van der Waals surface area contributed by atoms with E-state index in [0.29, 0.717) is 0 Å². The van der Waals surface area contributed by atoms with E-state index in [1.165, 1.54) is 0 Å². The number of ether oxygens (including phenoxy) is 2. The van der Waals surface area contributed by atoms with Gasteiger partial charge in [-0.25, -0.2) is 0 Å². The van der Waals surface area contributed by atoms with Gasteiger partial charge >= 0.3 is 0 Å². The molecule has 0 amide bonds. The van der Waals surface area contributed by atoms with Crippen molar-refractivity contribution < 1.29 is 14.6 Å². The minimum absolute atomic E-state index is 0.266. The van der Waals surface area contributed by atoms with Gasteiger partial charge in [0.1, 0.15) is 19.3 Å². The second kappa shape index (κ2) is 8.14. The molecule has 3 heteroatoms. The van der Waals surface area contributed by atoms with Gasteiger partial charge in [0.2, 0.25) is 0 Å². The van der Waals surface area contributed by atoms with Gasteiger partial charge in [0.15, 0.2) is 0 Å². The third-order valence-electron chi connectivity index (χ3n) is 1.04. The predicted molar refractivity (Wildman–Crippen MR) is 47.5 cm³/mol. The SMILES string of the molecule is CC=COCC(O)COC=CC. The fourth-order valence-electron chi connectivity index (χ4n) is 0.574. The van der Waals surface area contributed by atoms with Crippen LogP contribution < -0.4 is 0 Å². The minimum atomic E-state index is -0.572. The molecule has 0 aliphatic carbocycles. The molecule has 0 aromatic rings. The Balaban J connectivity index is 3.26. The topological polar surface area (TPSA) is 38.7 Å². The Bertz CT molecular complexity index is 125. The zero-order chi connectivity index (χ0) is 9.23. The van der Waals surface area contributed by atoms with Gasteiger partial charge in [-0.15, -0.1) is 0 Å². The fourth-order valence-corrected chi connectivity index (χ4v) is 0.574. The first-order valence-electron chi connectivity index (χ1n) is 3.94. The minimum Gasteiger partial charge on any atom is -0.499 e. The van der Waals surface area contributed by atoms with Crippen LogP contribution in [0.2, 0.25) is 0 Å². The third-order valence-corrected chi connectivity index (χ3v) is 1.04. The largest absolute Gasteiger partial charge is 0.499 e. The highest BCUT2D eigenvalue weighted by molar-refractivity contribution is 4.68. The van der Waals surface area contributed by atoms with Crippen LogP contribution in [0.4, 0.5) is 0 Å². The van der Waals surface area contributed by atoms with Crippen molar-refractivity contribution in [1.29, 1.82) is 0 Å². The number of aliphatic hydroxyl groups excluding tert-OH is 1. The molecule has 3 nitrogen and oxygen atoms in total. The average molecular weight is 172 g/mol. The van der Waals surface area contributed by atoms with E-state index in [2.05, 4.69) is 0 Å². The quantitative estimate of drug-likeness (QED) is 0.616. The van der Waals surface area contributed by atoms with Gasteiger partial charge in [0, 0.05) is 0 Å². The lowest BCUT2D eigenvalue weighted by atomic mass is 10.4. The zero-order valence-corrected chi connectivity index (χ0v) is 7.56. The van der Waals surface area contributed by atoms with E-state index in [1.807, 2.05) is 13.8 Å². The number of aliphatic hydroxyl groups is 1. The highest BCUT2D eigenvalue weighted by Crippen LogP contribution is 1.89. The number of rotatable bonds is 6. The lowest BCUT2D eigenvalue weighted by molar-refractivity contribution is 0.0323. The van der Waals surface area contributed by atoms with Crippen LogP contribution in [-0.4, -0.2) is 24.4 Å². The summed E-state index contributed by atoms with van der Waals surface area (Å²) in [5.74, 6) is 0. The molecule has 0 bridgehead atoms. The van der Waals surface area contributed by atoms with Crippen molar-refractivity contribution in [2.45, 2.75) is 20.0 Å². The van der Waals surface area contributed by atoms with E-state index >= 15 is 0 Å². The Morgan fingerprint density at radius 3 is 1.83 bits per heavy atom. The maximum absolute atomic E-state index is 9.18. The lowest BCUT2D eigenvalue weighted by Crippen LogP contribution is -2.19. The maximum atomic E-state index is 9.18. The first-order valence-corrected chi connectivity index (χ1v) is 3.94. The molecular formula is C9H16O3. The van der Waals surface area contributed by atoms with Crippen molar-refractivity contribution in [3.63, 3.8) is 0 Å². The molecule has 0 rings (SSSR count). The number of hydrogen-bond acceptors (Lipinski definition) is 3. The Kier molecular flexibility index (Phi) is 7.49. The van der Waals surface area contributed by atoms with Crippen LogP contribution in [0.1, 0.15) is 13.8 Å². The lowest BCUT2D eigenvalue weighted by Gasteiger charge is -2.08. The second-order valence-electron chi connectivity index (χ2n) is 2.26. The summed E-state index contributed by atoms with van der Waals surface area (Å²) in [6.07, 6.45) is 6.04. The van der Waals surface area contributed by atoms with Crippen LogP contribution in [-0.2, 0) is 9.47 Å². The van der Waals surface area contributed by atoms with Gasteiger partial charge in [-0.1, -0.05) is 12.2 Å². The number of allylic oxidation sites excluding steroid dienone is 2. The van der Waals surface area contributed by atoms with Crippen molar-refractivity contribution in [2.75, 3.05) is 13.2 Å². The standard InChI is InChI=1S/C9H16O3/c1-3-5-11-7-9(10)8-12-6-4-2/h3-6,9-10H,7-8H2,1-2H3. The first-order chi connectivity index (χ1) is 5.81. The molecule has 0 aromatic heterocycles. The Morgan fingerprint density at radius 2 is 1.50 bits per heavy atom. The Labute approximate surface area is 73.3 Å². The van der Waals surface area contributed by atoms with Crippen molar-refractivity contribution in [2.24, 2.45) is 0 Å². The average Bonchev–Trinajstić information content (AvgIpc) is 2.06. The molecule has 0 heterocycles. The van der Waals surface area contributed by atoms with Crippen molar-refractivity contribution >= 4 is 0 Å². The fraction of sp³-hybridized carbons (Fsp3) is 0.556. The molecule has 0 saturated heterocycles. The summed E-state index contributed by atoms with van der Waals surface area (Å²) in [6, 6.07) is 0. The molecule has 0 radical (unpaired) electrons. The van der Waals surface area contributed by atoms with Crippen LogP contribution in [0.3, 0.4) is 0 Å². The van der Waals surface area contributed by atoms with Gasteiger partial charge in [-0.05, 0) is 13.8 Å².